The van der Waals surface area contributed by atoms with Crippen LogP contribution in [-0.2, 0) is 13.2 Å². The summed E-state index contributed by atoms with van der Waals surface area (Å²) in [6.45, 7) is 1.71. The first-order valence-corrected chi connectivity index (χ1v) is 7.06. The number of ether oxygens (including phenoxy) is 2. The minimum Gasteiger partial charge on any atom is -0.493 e. The molecule has 0 amide bonds. The smallest absolute Gasteiger partial charge is 0.119 e. The fourth-order valence-corrected chi connectivity index (χ4v) is 1.93. The molecule has 0 atom stereocenters. The van der Waals surface area contributed by atoms with Crippen molar-refractivity contribution in [2.45, 2.75) is 19.6 Å². The van der Waals surface area contributed by atoms with Crippen LogP contribution in [-0.4, -0.2) is 18.3 Å². The van der Waals surface area contributed by atoms with E-state index in [4.69, 9.17) is 20.3 Å². The Bertz CT molecular complexity index is 508. The topological polar surface area (TPSA) is 64.7 Å². The molecule has 4 heteroatoms. The van der Waals surface area contributed by atoms with E-state index in [1.165, 1.54) is 0 Å². The van der Waals surface area contributed by atoms with Gasteiger partial charge >= 0.3 is 0 Å². The van der Waals surface area contributed by atoms with Gasteiger partial charge in [-0.05, 0) is 35.4 Å². The molecule has 3 N–H and O–H groups in total. The fraction of sp³-hybridized carbons (Fsp3) is 0.294. The van der Waals surface area contributed by atoms with Gasteiger partial charge in [-0.3, -0.25) is 0 Å². The molecule has 112 valence electrons. The molecule has 0 aliphatic heterocycles. The monoisotopic (exact) mass is 287 g/mol. The molecular formula is C17H21NO3. The summed E-state index contributed by atoms with van der Waals surface area (Å²) < 4.78 is 11.3. The lowest BCUT2D eigenvalue weighted by Gasteiger charge is -2.09. The summed E-state index contributed by atoms with van der Waals surface area (Å²) in [7, 11) is 0. The SMILES string of the molecule is NCc1cccc(OCCCOc2cccc(CO)c2)c1. The quantitative estimate of drug-likeness (QED) is 0.732. The number of hydrogen-bond acceptors (Lipinski definition) is 4. The zero-order chi connectivity index (χ0) is 14.9. The lowest BCUT2D eigenvalue weighted by Crippen LogP contribution is -2.05. The summed E-state index contributed by atoms with van der Waals surface area (Å²) in [6, 6.07) is 15.2. The molecule has 0 heterocycles. The number of aliphatic hydroxyl groups is 1. The molecule has 0 fully saturated rings. The maximum atomic E-state index is 9.06. The number of aliphatic hydroxyl groups excluding tert-OH is 1. The summed E-state index contributed by atoms with van der Waals surface area (Å²) in [5.74, 6) is 1.60. The molecule has 0 saturated carbocycles. The number of rotatable bonds is 8. The molecule has 0 aliphatic carbocycles. The van der Waals surface area contributed by atoms with Crippen molar-refractivity contribution in [2.75, 3.05) is 13.2 Å². The molecule has 2 aromatic rings. The highest BCUT2D eigenvalue weighted by Gasteiger charge is 1.98. The molecule has 21 heavy (non-hydrogen) atoms. The predicted molar refractivity (Wildman–Crippen MR) is 82.3 cm³/mol. The Morgan fingerprint density at radius 3 is 2.00 bits per heavy atom. The molecule has 4 nitrogen and oxygen atoms in total. The summed E-state index contributed by atoms with van der Waals surface area (Å²) in [6.07, 6.45) is 0.788. The van der Waals surface area contributed by atoms with Crippen molar-refractivity contribution in [3.05, 3.63) is 59.7 Å². The second kappa shape index (κ2) is 8.29. The highest BCUT2D eigenvalue weighted by Crippen LogP contribution is 2.15. The van der Waals surface area contributed by atoms with Gasteiger partial charge in [0, 0.05) is 13.0 Å². The van der Waals surface area contributed by atoms with Gasteiger partial charge in [0.2, 0.25) is 0 Å². The Labute approximate surface area is 125 Å². The van der Waals surface area contributed by atoms with Crippen LogP contribution in [0.25, 0.3) is 0 Å². The zero-order valence-electron chi connectivity index (χ0n) is 12.0. The van der Waals surface area contributed by atoms with E-state index >= 15 is 0 Å². The van der Waals surface area contributed by atoms with Crippen molar-refractivity contribution in [1.29, 1.82) is 0 Å². The van der Waals surface area contributed by atoms with E-state index in [2.05, 4.69) is 0 Å². The molecule has 2 rings (SSSR count). The van der Waals surface area contributed by atoms with Crippen molar-refractivity contribution >= 4 is 0 Å². The fourth-order valence-electron chi connectivity index (χ4n) is 1.93. The molecule has 0 aliphatic rings. The van der Waals surface area contributed by atoms with Crippen LogP contribution in [0.2, 0.25) is 0 Å². The Balaban J connectivity index is 1.69. The van der Waals surface area contributed by atoms with Gasteiger partial charge in [-0.1, -0.05) is 24.3 Å². The summed E-state index contributed by atoms with van der Waals surface area (Å²) >= 11 is 0. The van der Waals surface area contributed by atoms with E-state index in [9.17, 15) is 0 Å². The molecule has 0 unspecified atom stereocenters. The van der Waals surface area contributed by atoms with E-state index in [1.54, 1.807) is 0 Å². The van der Waals surface area contributed by atoms with Gasteiger partial charge in [0.15, 0.2) is 0 Å². The Kier molecular flexibility index (Phi) is 6.06. The van der Waals surface area contributed by atoms with Gasteiger partial charge in [0.05, 0.1) is 19.8 Å². The Morgan fingerprint density at radius 1 is 0.857 bits per heavy atom. The average Bonchev–Trinajstić information content (AvgIpc) is 2.55. The van der Waals surface area contributed by atoms with Gasteiger partial charge < -0.3 is 20.3 Å². The van der Waals surface area contributed by atoms with E-state index in [0.717, 1.165) is 29.0 Å². The molecule has 0 aromatic heterocycles. The minimum absolute atomic E-state index is 0.0256. The van der Waals surface area contributed by atoms with Crippen LogP contribution in [0, 0.1) is 0 Å². The first-order valence-electron chi connectivity index (χ1n) is 7.06. The number of hydrogen-bond donors (Lipinski definition) is 2. The highest BCUT2D eigenvalue weighted by molar-refractivity contribution is 5.29. The number of nitrogens with two attached hydrogens (primary N) is 1. The van der Waals surface area contributed by atoms with Gasteiger partial charge in [-0.15, -0.1) is 0 Å². The van der Waals surface area contributed by atoms with E-state index in [0.29, 0.717) is 19.8 Å². The van der Waals surface area contributed by atoms with Crippen molar-refractivity contribution in [2.24, 2.45) is 5.73 Å². The van der Waals surface area contributed by atoms with Gasteiger partial charge in [0.1, 0.15) is 11.5 Å². The normalized spacial score (nSPS) is 10.4. The average molecular weight is 287 g/mol. The van der Waals surface area contributed by atoms with Gasteiger partial charge in [-0.2, -0.15) is 0 Å². The second-order valence-electron chi connectivity index (χ2n) is 4.71. The van der Waals surface area contributed by atoms with Crippen molar-refractivity contribution in [3.63, 3.8) is 0 Å². The number of benzene rings is 2. The van der Waals surface area contributed by atoms with Crippen LogP contribution < -0.4 is 15.2 Å². The van der Waals surface area contributed by atoms with Gasteiger partial charge in [0.25, 0.3) is 0 Å². The molecular weight excluding hydrogens is 266 g/mol. The predicted octanol–water partition coefficient (Wildman–Crippen LogP) is 2.49. The minimum atomic E-state index is 0.0256. The van der Waals surface area contributed by atoms with Crippen LogP contribution in [0.3, 0.4) is 0 Å². The maximum absolute atomic E-state index is 9.06. The third-order valence-corrected chi connectivity index (χ3v) is 3.04. The first kappa shape index (κ1) is 15.4. The lowest BCUT2D eigenvalue weighted by atomic mass is 10.2. The van der Waals surface area contributed by atoms with Crippen molar-refractivity contribution in [1.82, 2.24) is 0 Å². The van der Waals surface area contributed by atoms with Gasteiger partial charge in [-0.25, -0.2) is 0 Å². The summed E-state index contributed by atoms with van der Waals surface area (Å²) in [5, 5.41) is 9.06. The van der Waals surface area contributed by atoms with Crippen LogP contribution in [0.4, 0.5) is 0 Å². The molecule has 0 radical (unpaired) electrons. The standard InChI is InChI=1S/C17H21NO3/c18-12-14-4-1-6-16(10-14)20-8-3-9-21-17-7-2-5-15(11-17)13-19/h1-2,4-7,10-11,19H,3,8-9,12-13,18H2. The van der Waals surface area contributed by atoms with E-state index in [-0.39, 0.29) is 6.61 Å². The summed E-state index contributed by atoms with van der Waals surface area (Å²) in [5.41, 5.74) is 7.50. The molecule has 0 bridgehead atoms. The molecule has 0 saturated heterocycles. The Morgan fingerprint density at radius 2 is 1.43 bits per heavy atom. The summed E-state index contributed by atoms with van der Waals surface area (Å²) in [4.78, 5) is 0. The first-order chi connectivity index (χ1) is 10.3. The highest BCUT2D eigenvalue weighted by atomic mass is 16.5. The van der Waals surface area contributed by atoms with Crippen LogP contribution in [0.5, 0.6) is 11.5 Å². The Hall–Kier alpha value is -2.04. The van der Waals surface area contributed by atoms with E-state index in [1.807, 2.05) is 48.5 Å². The van der Waals surface area contributed by atoms with Crippen molar-refractivity contribution < 1.29 is 14.6 Å². The third kappa shape index (κ3) is 5.10. The third-order valence-electron chi connectivity index (χ3n) is 3.04. The van der Waals surface area contributed by atoms with Crippen LogP contribution in [0.15, 0.2) is 48.5 Å². The molecule has 0 spiro atoms. The molecule has 2 aromatic carbocycles. The zero-order valence-corrected chi connectivity index (χ0v) is 12.0. The second-order valence-corrected chi connectivity index (χ2v) is 4.71. The van der Waals surface area contributed by atoms with Crippen LogP contribution in [0.1, 0.15) is 17.5 Å². The van der Waals surface area contributed by atoms with Crippen molar-refractivity contribution in [3.8, 4) is 11.5 Å². The lowest BCUT2D eigenvalue weighted by molar-refractivity contribution is 0.246. The van der Waals surface area contributed by atoms with E-state index < -0.39 is 0 Å². The largest absolute Gasteiger partial charge is 0.493 e. The van der Waals surface area contributed by atoms with Crippen LogP contribution >= 0.6 is 0 Å². The maximum Gasteiger partial charge on any atom is 0.119 e.